The second-order valence-corrected chi connectivity index (χ2v) is 22.8. The number of nitrogens with two attached hydrogens (primary N) is 4. The van der Waals surface area contributed by atoms with E-state index >= 15 is 0 Å². The van der Waals surface area contributed by atoms with Gasteiger partial charge in [-0.2, -0.15) is 0 Å². The van der Waals surface area contributed by atoms with Crippen LogP contribution >= 0.6 is 11.8 Å². The molecule has 27 nitrogen and oxygen atoms in total. The molecule has 0 radical (unpaired) electrons. The normalized spacial score (nSPS) is 19.0. The molecule has 10 amide bonds. The predicted molar refractivity (Wildman–Crippen MR) is 309 cm³/mol. The van der Waals surface area contributed by atoms with Gasteiger partial charge in [0.05, 0.1) is 24.4 Å². The topological polar surface area (TPSA) is 427 Å². The molecule has 1 aromatic rings. The SMILES string of the molecule is CCCCCCN1C(=O)CC(SC[C@H](NC(=O)[C@H](CO)NC(=O)[C@H](Cc2ccccc2)NC(=O)CNC(=O)[C@@H]2CCCN2C(=O)[C@@H]2CCCN2C(=O)[C@H](CCCN=C(N)N)NC(=O)[C@@H](N)CCCCN)C(=O)N[C@@H](CC(C)C)C(=O)O)C1=O. The number of aliphatic hydroxyl groups excluding tert-OH is 1. The Morgan fingerprint density at radius 1 is 0.747 bits per heavy atom. The summed E-state index contributed by atoms with van der Waals surface area (Å²) in [6.07, 6.45) is 6.61. The Balaban J connectivity index is 1.44. The van der Waals surface area contributed by atoms with E-state index in [1.54, 1.807) is 44.2 Å². The van der Waals surface area contributed by atoms with Crippen molar-refractivity contribution in [3.8, 4) is 0 Å². The lowest BCUT2D eigenvalue weighted by Gasteiger charge is -2.33. The summed E-state index contributed by atoms with van der Waals surface area (Å²) in [6.45, 7) is 5.13. The standard InChI is InChI=1S/C55H88N14O13S/c1-4-5-6-12-24-69-45(72)29-43(53(69)80)83-32-40(49(76)64-38(54(81)82)27-33(2)3)66-48(75)39(31-70)65-47(74)37(28-34-16-8-7-9-17-34)62-44(71)30-61-50(77)41-20-14-25-67(41)52(79)42-21-15-26-68(42)51(78)36(19-13-23-60-55(58)59)63-46(73)35(57)18-10-11-22-56/h7-9,16-17,33,35-43,70H,4-6,10-15,18-32,56-57H2,1-3H3,(H,61,77)(H,62,71)(H,63,73)(H,64,76)(H,65,74)(H,66,75)(H,81,82)(H4,58,59,60)/t35-,36-,37-,38-,39-,40-,41-,42-,43?/m0/s1. The summed E-state index contributed by atoms with van der Waals surface area (Å²) in [7, 11) is 0. The molecule has 83 heavy (non-hydrogen) atoms. The number of hydrogen-bond acceptors (Lipinski definition) is 16. The zero-order valence-electron chi connectivity index (χ0n) is 48.0. The first-order chi connectivity index (χ1) is 39.6. The first kappa shape index (κ1) is 68.6. The summed E-state index contributed by atoms with van der Waals surface area (Å²) >= 11 is 0.927. The quantitative estimate of drug-likeness (QED) is 0.0147. The maximum Gasteiger partial charge on any atom is 0.326 e. The van der Waals surface area contributed by atoms with Crippen molar-refractivity contribution in [1.82, 2.24) is 46.6 Å². The van der Waals surface area contributed by atoms with Crippen molar-refractivity contribution in [2.45, 2.75) is 177 Å². The van der Waals surface area contributed by atoms with Crippen molar-refractivity contribution in [3.05, 3.63) is 35.9 Å². The van der Waals surface area contributed by atoms with Crippen LogP contribution in [-0.2, 0) is 59.2 Å². The number of carbonyl (C=O) groups is 11. The van der Waals surface area contributed by atoms with Crippen LogP contribution in [0.25, 0.3) is 0 Å². The van der Waals surface area contributed by atoms with Gasteiger partial charge in [0.2, 0.25) is 59.1 Å². The minimum absolute atomic E-state index is 0.0378. The van der Waals surface area contributed by atoms with E-state index in [9.17, 15) is 63.0 Å². The molecule has 4 rings (SSSR count). The van der Waals surface area contributed by atoms with Crippen molar-refractivity contribution in [1.29, 1.82) is 0 Å². The molecular weight excluding hydrogens is 1100 g/mol. The Bertz CT molecular complexity index is 2420. The van der Waals surface area contributed by atoms with Gasteiger partial charge in [-0.1, -0.05) is 76.8 Å². The number of carboxylic acids is 1. The van der Waals surface area contributed by atoms with Crippen LogP contribution in [0.2, 0.25) is 0 Å². The zero-order chi connectivity index (χ0) is 61.2. The second-order valence-electron chi connectivity index (χ2n) is 21.6. The van der Waals surface area contributed by atoms with E-state index in [1.807, 2.05) is 6.92 Å². The third-order valence-corrected chi connectivity index (χ3v) is 15.9. The van der Waals surface area contributed by atoms with Gasteiger partial charge in [0.25, 0.3) is 0 Å². The highest BCUT2D eigenvalue weighted by molar-refractivity contribution is 8.00. The minimum atomic E-state index is -1.73. The van der Waals surface area contributed by atoms with Gasteiger partial charge in [0, 0.05) is 44.8 Å². The fourth-order valence-electron chi connectivity index (χ4n) is 10.1. The number of aliphatic hydroxyl groups is 1. The van der Waals surface area contributed by atoms with Crippen LogP contribution in [0, 0.1) is 5.92 Å². The predicted octanol–water partition coefficient (Wildman–Crippen LogP) is -2.17. The number of carboxylic acid groups (broad SMARTS) is 1. The molecule has 3 aliphatic heterocycles. The zero-order valence-corrected chi connectivity index (χ0v) is 48.8. The summed E-state index contributed by atoms with van der Waals surface area (Å²) in [5, 5.41) is 34.7. The molecule has 1 aromatic carbocycles. The number of nitrogens with one attached hydrogen (secondary N) is 6. The molecular formula is C55H88N14O13S. The van der Waals surface area contributed by atoms with Crippen molar-refractivity contribution in [3.63, 3.8) is 0 Å². The van der Waals surface area contributed by atoms with E-state index in [-0.39, 0.29) is 81.8 Å². The lowest BCUT2D eigenvalue weighted by atomic mass is 10.0. The highest BCUT2D eigenvalue weighted by Gasteiger charge is 2.44. The van der Waals surface area contributed by atoms with Gasteiger partial charge in [0.1, 0.15) is 42.3 Å². The van der Waals surface area contributed by atoms with Gasteiger partial charge in [-0.25, -0.2) is 4.79 Å². The Morgan fingerprint density at radius 2 is 1.39 bits per heavy atom. The van der Waals surface area contributed by atoms with Gasteiger partial charge >= 0.3 is 5.97 Å². The first-order valence-corrected chi connectivity index (χ1v) is 29.9. The highest BCUT2D eigenvalue weighted by atomic mass is 32.2. The van der Waals surface area contributed by atoms with Crippen LogP contribution in [0.15, 0.2) is 35.3 Å². The number of likely N-dealkylation sites (tertiary alicyclic amines) is 3. The van der Waals surface area contributed by atoms with Crippen LogP contribution in [0.3, 0.4) is 0 Å². The van der Waals surface area contributed by atoms with Crippen LogP contribution in [0.4, 0.5) is 0 Å². The number of hydrogen-bond donors (Lipinski definition) is 12. The molecule has 3 fully saturated rings. The smallest absolute Gasteiger partial charge is 0.326 e. The van der Waals surface area contributed by atoms with Gasteiger partial charge < -0.3 is 74.8 Å². The second kappa shape index (κ2) is 35.3. The minimum Gasteiger partial charge on any atom is -0.480 e. The fraction of sp³-hybridized carbons (Fsp3) is 0.673. The summed E-state index contributed by atoms with van der Waals surface area (Å²) < 4.78 is 0. The van der Waals surface area contributed by atoms with E-state index in [0.29, 0.717) is 63.5 Å². The average Bonchev–Trinajstić information content (AvgIpc) is 4.45. The molecule has 0 spiro atoms. The van der Waals surface area contributed by atoms with Crippen molar-refractivity contribution in [2.24, 2.45) is 33.8 Å². The summed E-state index contributed by atoms with van der Waals surface area (Å²) in [5.41, 5.74) is 23.3. The molecule has 3 aliphatic rings. The number of aliphatic imine (C=N–C) groups is 1. The largest absolute Gasteiger partial charge is 0.480 e. The molecule has 0 aromatic heterocycles. The van der Waals surface area contributed by atoms with Crippen LogP contribution in [-0.4, -0.2) is 201 Å². The van der Waals surface area contributed by atoms with Crippen molar-refractivity contribution in [2.75, 3.05) is 51.6 Å². The molecule has 3 saturated heterocycles. The molecule has 3 heterocycles. The van der Waals surface area contributed by atoms with Crippen molar-refractivity contribution >= 4 is 82.8 Å². The van der Waals surface area contributed by atoms with E-state index in [1.165, 1.54) is 14.7 Å². The molecule has 28 heteroatoms. The highest BCUT2D eigenvalue weighted by Crippen LogP contribution is 2.28. The van der Waals surface area contributed by atoms with Gasteiger partial charge in [-0.15, -0.1) is 11.8 Å². The third-order valence-electron chi connectivity index (χ3n) is 14.6. The number of carbonyl (C=O) groups excluding carboxylic acids is 10. The maximum absolute atomic E-state index is 14.3. The lowest BCUT2D eigenvalue weighted by Crippen LogP contribution is -2.60. The molecule has 16 N–H and O–H groups in total. The molecule has 0 aliphatic carbocycles. The molecule has 1 unspecified atom stereocenters. The van der Waals surface area contributed by atoms with E-state index in [2.05, 4.69) is 36.9 Å². The first-order valence-electron chi connectivity index (χ1n) is 28.8. The number of thioether (sulfide) groups is 1. The van der Waals surface area contributed by atoms with Crippen LogP contribution in [0.5, 0.6) is 0 Å². The van der Waals surface area contributed by atoms with Gasteiger partial charge in [-0.3, -0.25) is 57.8 Å². The molecule has 0 saturated carbocycles. The van der Waals surface area contributed by atoms with Gasteiger partial charge in [0.15, 0.2) is 5.96 Å². The number of aliphatic carboxylic acids is 1. The van der Waals surface area contributed by atoms with E-state index in [4.69, 9.17) is 22.9 Å². The number of amides is 10. The van der Waals surface area contributed by atoms with E-state index < -0.39 is 126 Å². The Hall–Kier alpha value is -6.91. The lowest BCUT2D eigenvalue weighted by molar-refractivity contribution is -0.148. The Kier molecular flexibility index (Phi) is 29.2. The number of benzene rings is 1. The Morgan fingerprint density at radius 3 is 2.04 bits per heavy atom. The summed E-state index contributed by atoms with van der Waals surface area (Å²) in [6, 6.07) is -1.47. The summed E-state index contributed by atoms with van der Waals surface area (Å²) in [5.74, 6) is -8.73. The van der Waals surface area contributed by atoms with Gasteiger partial charge in [-0.05, 0) is 82.2 Å². The molecule has 462 valence electrons. The van der Waals surface area contributed by atoms with Crippen LogP contribution in [0.1, 0.15) is 123 Å². The maximum atomic E-state index is 14.3. The van der Waals surface area contributed by atoms with Crippen LogP contribution < -0.4 is 54.8 Å². The third kappa shape index (κ3) is 22.0. The Labute approximate surface area is 489 Å². The number of imide groups is 1. The monoisotopic (exact) mass is 1180 g/mol. The summed E-state index contributed by atoms with van der Waals surface area (Å²) in [4.78, 5) is 157. The number of rotatable bonds is 36. The number of unbranched alkanes of at least 4 members (excludes halogenated alkanes) is 4. The average molecular weight is 1190 g/mol. The van der Waals surface area contributed by atoms with Crippen molar-refractivity contribution < 1.29 is 63.0 Å². The fourth-order valence-corrected chi connectivity index (χ4v) is 11.3. The molecule has 0 bridgehead atoms. The number of guanidine groups is 1. The van der Waals surface area contributed by atoms with E-state index in [0.717, 1.165) is 31.0 Å². The number of nitrogens with zero attached hydrogens (tertiary/aromatic N) is 4. The molecule has 9 atom stereocenters.